The smallest absolute Gasteiger partial charge is 0.216 e. The van der Waals surface area contributed by atoms with Crippen LogP contribution < -0.4 is 5.32 Å². The lowest BCUT2D eigenvalue weighted by atomic mass is 9.98. The van der Waals surface area contributed by atoms with E-state index in [-0.39, 0.29) is 12.5 Å². The van der Waals surface area contributed by atoms with Gasteiger partial charge in [0.1, 0.15) is 48.8 Å². The molecule has 0 aliphatic carbocycles. The molecule has 0 spiro atoms. The van der Waals surface area contributed by atoms with E-state index in [4.69, 9.17) is 18.9 Å². The van der Waals surface area contributed by atoms with Crippen LogP contribution in [0.4, 0.5) is 0 Å². The Hall–Kier alpha value is -0.970. The molecule has 2 aliphatic heterocycles. The number of hydrogen-bond acceptors (Lipinski definition) is 12. The summed E-state index contributed by atoms with van der Waals surface area (Å²) in [7, 11) is 0. The van der Waals surface area contributed by atoms with Crippen molar-refractivity contribution in [2.75, 3.05) is 26.4 Å². The van der Waals surface area contributed by atoms with Crippen LogP contribution in [-0.2, 0) is 23.7 Å². The summed E-state index contributed by atoms with van der Waals surface area (Å²) < 4.78 is 21.3. The second kappa shape index (κ2) is 11.6. The Morgan fingerprint density at radius 2 is 1.37 bits per heavy atom. The highest BCUT2D eigenvalue weighted by molar-refractivity contribution is 5.72. The second-order valence-corrected chi connectivity index (χ2v) is 7.25. The molecule has 1 amide bonds. The van der Waals surface area contributed by atoms with E-state index >= 15 is 0 Å². The summed E-state index contributed by atoms with van der Waals surface area (Å²) in [5, 5.41) is 71.5. The highest BCUT2D eigenvalue weighted by Crippen LogP contribution is 2.25. The minimum absolute atomic E-state index is 0.0884. The number of amides is 1. The summed E-state index contributed by atoms with van der Waals surface area (Å²) in [6.07, 6.45) is -14.2. The zero-order chi connectivity index (χ0) is 22.4. The van der Waals surface area contributed by atoms with Gasteiger partial charge in [0.25, 0.3) is 0 Å². The number of carbonyl (C=O) groups is 1. The predicted molar refractivity (Wildman–Crippen MR) is 95.7 cm³/mol. The Morgan fingerprint density at radius 1 is 0.833 bits per heavy atom. The van der Waals surface area contributed by atoms with E-state index in [1.165, 1.54) is 6.92 Å². The minimum Gasteiger partial charge on any atom is -0.394 e. The van der Waals surface area contributed by atoms with Gasteiger partial charge < -0.3 is 60.0 Å². The van der Waals surface area contributed by atoms with Gasteiger partial charge in [-0.05, 0) is 6.42 Å². The van der Waals surface area contributed by atoms with E-state index in [9.17, 15) is 40.5 Å². The third-order valence-corrected chi connectivity index (χ3v) is 4.92. The van der Waals surface area contributed by atoms with Crippen molar-refractivity contribution in [3.63, 3.8) is 0 Å². The summed E-state index contributed by atoms with van der Waals surface area (Å²) in [5.41, 5.74) is 0. The summed E-state index contributed by atoms with van der Waals surface area (Å²) in [4.78, 5) is 10.8. The highest BCUT2D eigenvalue weighted by Gasteiger charge is 2.47. The van der Waals surface area contributed by atoms with Gasteiger partial charge in [-0.1, -0.05) is 0 Å². The van der Waals surface area contributed by atoms with E-state index in [0.717, 1.165) is 0 Å². The monoisotopic (exact) mass is 441 g/mol. The van der Waals surface area contributed by atoms with Crippen LogP contribution in [0.3, 0.4) is 0 Å². The first-order valence-corrected chi connectivity index (χ1v) is 9.65. The normalized spacial score (nSPS) is 42.1. The maximum absolute atomic E-state index is 10.8. The summed E-state index contributed by atoms with van der Waals surface area (Å²) in [6, 6.07) is 0. The third-order valence-electron chi connectivity index (χ3n) is 4.92. The Morgan fingerprint density at radius 3 is 1.93 bits per heavy atom. The van der Waals surface area contributed by atoms with E-state index in [1.54, 1.807) is 0 Å². The first-order chi connectivity index (χ1) is 14.2. The first-order valence-electron chi connectivity index (χ1n) is 9.65. The van der Waals surface area contributed by atoms with Crippen molar-refractivity contribution in [1.29, 1.82) is 0 Å². The number of rotatable bonds is 9. The molecule has 2 aliphatic rings. The molecule has 0 bridgehead atoms. The molecule has 13 nitrogen and oxygen atoms in total. The fourth-order valence-electron chi connectivity index (χ4n) is 3.12. The fraction of sp³-hybridized carbons (Fsp3) is 0.941. The molecule has 30 heavy (non-hydrogen) atoms. The molecule has 0 aromatic heterocycles. The van der Waals surface area contributed by atoms with Gasteiger partial charge in [-0.3, -0.25) is 4.79 Å². The molecule has 2 heterocycles. The van der Waals surface area contributed by atoms with Crippen molar-refractivity contribution in [3.05, 3.63) is 0 Å². The van der Waals surface area contributed by atoms with Crippen LogP contribution in [0.2, 0.25) is 0 Å². The molecule has 10 atom stereocenters. The molecule has 0 unspecified atom stereocenters. The minimum atomic E-state index is -1.64. The number of carbonyl (C=O) groups excluding carboxylic acids is 1. The molecular weight excluding hydrogens is 410 g/mol. The number of ether oxygens (including phenoxy) is 4. The molecule has 176 valence electrons. The molecule has 2 rings (SSSR count). The van der Waals surface area contributed by atoms with Crippen LogP contribution in [0.1, 0.15) is 13.3 Å². The topological polar surface area (TPSA) is 208 Å². The standard InChI is InChI=1S/C17H31NO12/c1-7(20)18-3-2-4-27-16-14(25)13(24)11(22)9(30-16)6-28-17-15(26)12(23)10(21)8(5-19)29-17/h8-17,19,21-26H,2-6H2,1H3,(H,18,20)/t8-,9-,10+,11-,12+,13+,14-,15-,16-,17+/m1/s1. The van der Waals surface area contributed by atoms with Crippen LogP contribution in [-0.4, -0.2) is 129 Å². The molecular formula is C17H31NO12. The zero-order valence-electron chi connectivity index (χ0n) is 16.5. The molecule has 2 fully saturated rings. The van der Waals surface area contributed by atoms with E-state index < -0.39 is 74.6 Å². The Kier molecular flexibility index (Phi) is 9.77. The molecule has 13 heteroatoms. The highest BCUT2D eigenvalue weighted by atomic mass is 16.7. The lowest BCUT2D eigenvalue weighted by molar-refractivity contribution is -0.331. The quantitative estimate of drug-likeness (QED) is 0.159. The van der Waals surface area contributed by atoms with Gasteiger partial charge in [0.2, 0.25) is 5.91 Å². The summed E-state index contributed by atoms with van der Waals surface area (Å²) in [6.45, 7) is 0.733. The van der Waals surface area contributed by atoms with Gasteiger partial charge in [0, 0.05) is 13.5 Å². The third kappa shape index (κ3) is 6.27. The van der Waals surface area contributed by atoms with E-state index in [1.807, 2.05) is 0 Å². The van der Waals surface area contributed by atoms with Gasteiger partial charge >= 0.3 is 0 Å². The van der Waals surface area contributed by atoms with Gasteiger partial charge in [-0.2, -0.15) is 0 Å². The Balaban J connectivity index is 1.88. The zero-order valence-corrected chi connectivity index (χ0v) is 16.5. The molecule has 0 aromatic rings. The number of aliphatic hydroxyl groups excluding tert-OH is 7. The van der Waals surface area contributed by atoms with Gasteiger partial charge in [-0.15, -0.1) is 0 Å². The van der Waals surface area contributed by atoms with Crippen molar-refractivity contribution in [3.8, 4) is 0 Å². The van der Waals surface area contributed by atoms with Gasteiger partial charge in [0.15, 0.2) is 12.6 Å². The number of nitrogens with one attached hydrogen (secondary N) is 1. The van der Waals surface area contributed by atoms with Crippen LogP contribution >= 0.6 is 0 Å². The molecule has 0 saturated carbocycles. The van der Waals surface area contributed by atoms with Crippen molar-refractivity contribution in [2.45, 2.75) is 74.8 Å². The van der Waals surface area contributed by atoms with Crippen molar-refractivity contribution < 1.29 is 59.5 Å². The maximum Gasteiger partial charge on any atom is 0.216 e. The molecule has 0 aromatic carbocycles. The van der Waals surface area contributed by atoms with Gasteiger partial charge in [0.05, 0.1) is 19.8 Å². The molecule has 2 saturated heterocycles. The summed E-state index contributed by atoms with van der Waals surface area (Å²) in [5.74, 6) is -0.201. The largest absolute Gasteiger partial charge is 0.394 e. The predicted octanol–water partition coefficient (Wildman–Crippen LogP) is -4.85. The fourth-order valence-corrected chi connectivity index (χ4v) is 3.12. The lowest BCUT2D eigenvalue weighted by Crippen LogP contribution is -2.61. The summed E-state index contributed by atoms with van der Waals surface area (Å²) >= 11 is 0. The maximum atomic E-state index is 10.8. The average Bonchev–Trinajstić information content (AvgIpc) is 2.71. The SMILES string of the molecule is CC(=O)NCCCO[C@@H]1O[C@H](CO[C@H]2O[C@H](CO)[C@H](O)[C@H](O)[C@H]2O)[C@@H](O)[C@H](O)[C@H]1O. The van der Waals surface area contributed by atoms with E-state index in [2.05, 4.69) is 5.32 Å². The van der Waals surface area contributed by atoms with Crippen LogP contribution in [0.15, 0.2) is 0 Å². The number of aliphatic hydroxyl groups is 7. The second-order valence-electron chi connectivity index (χ2n) is 7.25. The van der Waals surface area contributed by atoms with Crippen molar-refractivity contribution in [1.82, 2.24) is 5.32 Å². The number of hydrogen-bond donors (Lipinski definition) is 8. The Labute approximate surface area is 172 Å². The van der Waals surface area contributed by atoms with Gasteiger partial charge in [-0.25, -0.2) is 0 Å². The van der Waals surface area contributed by atoms with Crippen LogP contribution in [0, 0.1) is 0 Å². The first kappa shape index (κ1) is 25.3. The van der Waals surface area contributed by atoms with Crippen molar-refractivity contribution >= 4 is 5.91 Å². The van der Waals surface area contributed by atoms with E-state index in [0.29, 0.717) is 13.0 Å². The van der Waals surface area contributed by atoms with Crippen LogP contribution in [0.25, 0.3) is 0 Å². The molecule has 0 radical (unpaired) electrons. The van der Waals surface area contributed by atoms with Crippen LogP contribution in [0.5, 0.6) is 0 Å². The molecule has 8 N–H and O–H groups in total. The average molecular weight is 441 g/mol. The lowest BCUT2D eigenvalue weighted by Gasteiger charge is -2.42. The Bertz CT molecular complexity index is 537. The van der Waals surface area contributed by atoms with Crippen molar-refractivity contribution in [2.24, 2.45) is 0 Å².